The molecule has 102 valence electrons. The molecule has 2 N–H and O–H groups in total. The lowest BCUT2D eigenvalue weighted by Gasteiger charge is -2.07. The molecule has 1 aromatic heterocycles. The Hall–Kier alpha value is -1.89. The van der Waals surface area contributed by atoms with E-state index in [1.54, 1.807) is 19.1 Å². The van der Waals surface area contributed by atoms with Gasteiger partial charge in [-0.1, -0.05) is 26.0 Å². The molecule has 2 rings (SSSR count). The summed E-state index contributed by atoms with van der Waals surface area (Å²) in [6, 6.07) is 6.78. The first kappa shape index (κ1) is 13.5. The van der Waals surface area contributed by atoms with Crippen LogP contribution in [0.3, 0.4) is 0 Å². The summed E-state index contributed by atoms with van der Waals surface area (Å²) >= 11 is 0. The van der Waals surface area contributed by atoms with Crippen LogP contribution in [0.4, 0.5) is 5.95 Å². The Kier molecular flexibility index (Phi) is 3.57. The van der Waals surface area contributed by atoms with Gasteiger partial charge >= 0.3 is 0 Å². The summed E-state index contributed by atoms with van der Waals surface area (Å²) in [4.78, 5) is 4.10. The van der Waals surface area contributed by atoms with Crippen molar-refractivity contribution in [3.05, 3.63) is 35.7 Å². The lowest BCUT2D eigenvalue weighted by molar-refractivity contribution is 0.600. The van der Waals surface area contributed by atoms with E-state index in [-0.39, 0.29) is 10.8 Å². The largest absolute Gasteiger partial charge is 0.264 e. The number of H-pyrrole nitrogens is 1. The number of nitrogens with one attached hydrogen (secondary N) is 2. The predicted molar refractivity (Wildman–Crippen MR) is 72.5 cm³/mol. The molecule has 0 aliphatic rings. The van der Waals surface area contributed by atoms with Gasteiger partial charge in [-0.15, -0.1) is 5.10 Å². The lowest BCUT2D eigenvalue weighted by Crippen LogP contribution is -2.14. The number of aromatic nitrogens is 3. The second kappa shape index (κ2) is 5.00. The van der Waals surface area contributed by atoms with Crippen molar-refractivity contribution in [1.29, 1.82) is 0 Å². The highest BCUT2D eigenvalue weighted by molar-refractivity contribution is 7.92. The first-order chi connectivity index (χ1) is 8.88. The van der Waals surface area contributed by atoms with E-state index < -0.39 is 10.0 Å². The van der Waals surface area contributed by atoms with Crippen LogP contribution in [-0.4, -0.2) is 23.6 Å². The fraction of sp³-hybridized carbons (Fsp3) is 0.333. The highest BCUT2D eigenvalue weighted by Crippen LogP contribution is 2.18. The molecule has 19 heavy (non-hydrogen) atoms. The monoisotopic (exact) mass is 280 g/mol. The van der Waals surface area contributed by atoms with Crippen molar-refractivity contribution in [2.45, 2.75) is 31.6 Å². The van der Waals surface area contributed by atoms with Crippen LogP contribution in [0.25, 0.3) is 0 Å². The van der Waals surface area contributed by atoms with Crippen molar-refractivity contribution in [2.24, 2.45) is 0 Å². The Bertz CT molecular complexity index is 659. The molecule has 0 fully saturated rings. The molecule has 0 amide bonds. The van der Waals surface area contributed by atoms with Gasteiger partial charge in [0, 0.05) is 0 Å². The van der Waals surface area contributed by atoms with E-state index in [1.807, 2.05) is 12.1 Å². The van der Waals surface area contributed by atoms with Crippen molar-refractivity contribution in [1.82, 2.24) is 15.2 Å². The molecule has 0 spiro atoms. The molecule has 2 aromatic rings. The molecule has 7 heteroatoms. The first-order valence-electron chi connectivity index (χ1n) is 5.90. The summed E-state index contributed by atoms with van der Waals surface area (Å²) in [5.41, 5.74) is 1.09. The van der Waals surface area contributed by atoms with E-state index in [2.05, 4.69) is 33.8 Å². The summed E-state index contributed by atoms with van der Waals surface area (Å²) in [5, 5.41) is 6.32. The minimum absolute atomic E-state index is 0.0467. The van der Waals surface area contributed by atoms with Crippen LogP contribution < -0.4 is 4.72 Å². The minimum Gasteiger partial charge on any atom is -0.261 e. The molecule has 6 nitrogen and oxygen atoms in total. The Labute approximate surface area is 112 Å². The molecule has 0 radical (unpaired) electrons. The van der Waals surface area contributed by atoms with Gasteiger partial charge in [0.2, 0.25) is 0 Å². The van der Waals surface area contributed by atoms with Gasteiger partial charge in [-0.3, -0.25) is 5.10 Å². The number of benzene rings is 1. The van der Waals surface area contributed by atoms with Crippen LogP contribution in [0.5, 0.6) is 0 Å². The molecular weight excluding hydrogens is 264 g/mol. The average molecular weight is 280 g/mol. The van der Waals surface area contributed by atoms with Crippen LogP contribution in [0.1, 0.15) is 31.2 Å². The Morgan fingerprint density at radius 2 is 1.84 bits per heavy atom. The summed E-state index contributed by atoms with van der Waals surface area (Å²) in [6.45, 7) is 5.80. The van der Waals surface area contributed by atoms with Gasteiger partial charge < -0.3 is 0 Å². The second-order valence-corrected chi connectivity index (χ2v) is 6.26. The van der Waals surface area contributed by atoms with Crippen LogP contribution in [-0.2, 0) is 10.0 Å². The third-order valence-corrected chi connectivity index (χ3v) is 4.02. The van der Waals surface area contributed by atoms with E-state index in [1.165, 1.54) is 0 Å². The Balaban J connectivity index is 2.24. The number of aryl methyl sites for hydroxylation is 1. The molecule has 0 saturated carbocycles. The molecule has 0 atom stereocenters. The molecule has 0 aliphatic heterocycles. The number of nitrogens with zero attached hydrogens (tertiary/aromatic N) is 2. The highest BCUT2D eigenvalue weighted by atomic mass is 32.2. The van der Waals surface area contributed by atoms with Crippen LogP contribution in [0, 0.1) is 6.92 Å². The van der Waals surface area contributed by atoms with Crippen molar-refractivity contribution >= 4 is 16.0 Å². The fourth-order valence-corrected chi connectivity index (χ4v) is 2.54. The van der Waals surface area contributed by atoms with Gasteiger partial charge in [0.05, 0.1) is 4.90 Å². The number of hydrogen-bond donors (Lipinski definition) is 2. The van der Waals surface area contributed by atoms with Crippen molar-refractivity contribution < 1.29 is 8.42 Å². The molecule has 0 unspecified atom stereocenters. The molecular formula is C12H16N4O2S. The van der Waals surface area contributed by atoms with E-state index in [0.717, 1.165) is 5.56 Å². The summed E-state index contributed by atoms with van der Waals surface area (Å²) in [5.74, 6) is 0.957. The van der Waals surface area contributed by atoms with Crippen molar-refractivity contribution in [2.75, 3.05) is 4.72 Å². The van der Waals surface area contributed by atoms with Gasteiger partial charge in [-0.05, 0) is 30.5 Å². The van der Waals surface area contributed by atoms with E-state index in [9.17, 15) is 8.42 Å². The van der Waals surface area contributed by atoms with Gasteiger partial charge in [0.1, 0.15) is 5.82 Å². The Morgan fingerprint density at radius 3 is 2.32 bits per heavy atom. The van der Waals surface area contributed by atoms with Crippen molar-refractivity contribution in [3.8, 4) is 0 Å². The lowest BCUT2D eigenvalue weighted by atomic mass is 10.0. The molecule has 1 aromatic carbocycles. The van der Waals surface area contributed by atoms with Crippen molar-refractivity contribution in [3.63, 3.8) is 0 Å². The smallest absolute Gasteiger partial charge is 0.261 e. The number of hydrogen-bond acceptors (Lipinski definition) is 4. The summed E-state index contributed by atoms with van der Waals surface area (Å²) < 4.78 is 26.5. The van der Waals surface area contributed by atoms with E-state index >= 15 is 0 Å². The average Bonchev–Trinajstić information content (AvgIpc) is 2.74. The highest BCUT2D eigenvalue weighted by Gasteiger charge is 2.16. The van der Waals surface area contributed by atoms with E-state index in [4.69, 9.17) is 0 Å². The first-order valence-corrected chi connectivity index (χ1v) is 7.38. The number of anilines is 1. The van der Waals surface area contributed by atoms with Gasteiger partial charge in [-0.25, -0.2) is 13.1 Å². The maximum Gasteiger partial charge on any atom is 0.264 e. The normalized spacial score (nSPS) is 11.8. The number of aromatic amines is 1. The molecule has 0 bridgehead atoms. The number of sulfonamides is 1. The SMILES string of the molecule is Cc1nc(NS(=O)(=O)c2ccc(C(C)C)cc2)n[nH]1. The molecule has 0 saturated heterocycles. The second-order valence-electron chi connectivity index (χ2n) is 4.57. The third kappa shape index (κ3) is 3.11. The topological polar surface area (TPSA) is 87.7 Å². The molecule has 1 heterocycles. The van der Waals surface area contributed by atoms with Gasteiger partial charge in [0.25, 0.3) is 16.0 Å². The molecule has 0 aliphatic carbocycles. The third-order valence-electron chi connectivity index (χ3n) is 2.68. The predicted octanol–water partition coefficient (Wildman–Crippen LogP) is 2.04. The van der Waals surface area contributed by atoms with Gasteiger partial charge in [0.15, 0.2) is 0 Å². The van der Waals surface area contributed by atoms with Crippen LogP contribution in [0.15, 0.2) is 29.2 Å². The Morgan fingerprint density at radius 1 is 1.21 bits per heavy atom. The number of rotatable bonds is 4. The standard InChI is InChI=1S/C12H16N4O2S/c1-8(2)10-4-6-11(7-5-10)19(17,18)16-12-13-9(3)14-15-12/h4-8H,1-3H3,(H2,13,14,15,16). The van der Waals surface area contributed by atoms with Gasteiger partial charge in [-0.2, -0.15) is 4.98 Å². The summed E-state index contributed by atoms with van der Waals surface area (Å²) in [6.07, 6.45) is 0. The maximum atomic E-state index is 12.1. The zero-order chi connectivity index (χ0) is 14.0. The van der Waals surface area contributed by atoms with Crippen LogP contribution >= 0.6 is 0 Å². The van der Waals surface area contributed by atoms with E-state index in [0.29, 0.717) is 11.7 Å². The quantitative estimate of drug-likeness (QED) is 0.897. The zero-order valence-electron chi connectivity index (χ0n) is 11.0. The maximum absolute atomic E-state index is 12.1. The fourth-order valence-electron chi connectivity index (χ4n) is 1.60. The van der Waals surface area contributed by atoms with Crippen LogP contribution in [0.2, 0.25) is 0 Å². The minimum atomic E-state index is -3.64. The summed E-state index contributed by atoms with van der Waals surface area (Å²) in [7, 11) is -3.64. The zero-order valence-corrected chi connectivity index (χ0v) is 11.8.